The Morgan fingerprint density at radius 2 is 1.79 bits per heavy atom. The maximum absolute atomic E-state index is 13.5. The fourth-order valence-corrected chi connectivity index (χ4v) is 3.70. The molecule has 0 bridgehead atoms. The zero-order valence-electron chi connectivity index (χ0n) is 18.2. The van der Waals surface area contributed by atoms with Gasteiger partial charge in [0.25, 0.3) is 0 Å². The molecule has 4 rings (SSSR count). The van der Waals surface area contributed by atoms with Crippen LogP contribution in [0.5, 0.6) is 5.88 Å². The molecule has 0 amide bonds. The van der Waals surface area contributed by atoms with Crippen molar-refractivity contribution in [1.82, 2.24) is 19.9 Å². The van der Waals surface area contributed by atoms with Crippen molar-refractivity contribution in [1.29, 1.82) is 0 Å². The first-order chi connectivity index (χ1) is 16.3. The van der Waals surface area contributed by atoms with Gasteiger partial charge < -0.3 is 15.2 Å². The van der Waals surface area contributed by atoms with Crippen LogP contribution in [-0.4, -0.2) is 58.7 Å². The van der Waals surface area contributed by atoms with Crippen LogP contribution in [0.4, 0.5) is 19.1 Å². The number of nitrogens with two attached hydrogens (primary N) is 1. The van der Waals surface area contributed by atoms with Gasteiger partial charge in [0.05, 0.1) is 24.5 Å². The van der Waals surface area contributed by atoms with Crippen LogP contribution >= 0.6 is 0 Å². The minimum atomic E-state index is -4.66. The molecule has 1 aliphatic heterocycles. The summed E-state index contributed by atoms with van der Waals surface area (Å²) in [5.74, 6) is -0.250. The number of nitrogen functional groups attached to an aromatic ring is 1. The maximum Gasteiger partial charge on any atom is 0.433 e. The molecule has 1 fully saturated rings. The molecule has 8 nitrogen and oxygen atoms in total. The molecule has 178 valence electrons. The number of pyridine rings is 1. The predicted octanol–water partition coefficient (Wildman–Crippen LogP) is 3.35. The van der Waals surface area contributed by atoms with E-state index in [9.17, 15) is 18.0 Å². The van der Waals surface area contributed by atoms with Gasteiger partial charge in [-0.15, -0.1) is 0 Å². The molecular weight excluding hydrogens is 451 g/mol. The minimum absolute atomic E-state index is 0.103. The monoisotopic (exact) mass is 473 g/mol. The first-order valence-electron chi connectivity index (χ1n) is 10.5. The van der Waals surface area contributed by atoms with Crippen LogP contribution in [0.1, 0.15) is 11.4 Å². The Kier molecular flexibility index (Phi) is 6.75. The highest BCUT2D eigenvalue weighted by Gasteiger charge is 2.34. The number of halogens is 3. The lowest BCUT2D eigenvalue weighted by molar-refractivity contribution is -0.141. The molecule has 0 saturated carbocycles. The fraction of sp³-hybridized carbons (Fsp3) is 0.304. The van der Waals surface area contributed by atoms with Crippen LogP contribution in [0.15, 0.2) is 42.5 Å². The number of hydrogen-bond acceptors (Lipinski definition) is 8. The van der Waals surface area contributed by atoms with Crippen LogP contribution in [-0.2, 0) is 15.7 Å². The van der Waals surface area contributed by atoms with Crippen LogP contribution in [0.3, 0.4) is 0 Å². The average Bonchev–Trinajstić information content (AvgIpc) is 2.82. The van der Waals surface area contributed by atoms with E-state index in [-0.39, 0.29) is 34.3 Å². The van der Waals surface area contributed by atoms with Crippen LogP contribution in [0.2, 0.25) is 0 Å². The highest BCUT2D eigenvalue weighted by molar-refractivity contribution is 5.85. The number of anilines is 1. The number of carbonyl (C=O) groups is 1. The Hall–Kier alpha value is -3.57. The van der Waals surface area contributed by atoms with Crippen molar-refractivity contribution in [3.8, 4) is 28.3 Å². The summed E-state index contributed by atoms with van der Waals surface area (Å²) in [5.41, 5.74) is 6.21. The zero-order valence-corrected chi connectivity index (χ0v) is 18.2. The lowest BCUT2D eigenvalue weighted by atomic mass is 9.99. The molecule has 2 aromatic heterocycles. The van der Waals surface area contributed by atoms with Crippen molar-refractivity contribution in [3.63, 3.8) is 0 Å². The van der Waals surface area contributed by atoms with E-state index in [1.165, 1.54) is 13.0 Å². The molecule has 3 heterocycles. The summed E-state index contributed by atoms with van der Waals surface area (Å²) in [4.78, 5) is 25.7. The van der Waals surface area contributed by atoms with Gasteiger partial charge in [0.15, 0.2) is 6.29 Å². The predicted molar refractivity (Wildman–Crippen MR) is 118 cm³/mol. The number of alkyl halides is 3. The van der Waals surface area contributed by atoms with E-state index < -0.39 is 18.1 Å². The van der Waals surface area contributed by atoms with E-state index >= 15 is 0 Å². The summed E-state index contributed by atoms with van der Waals surface area (Å²) in [6.07, 6.45) is -5.09. The highest BCUT2D eigenvalue weighted by Crippen LogP contribution is 2.40. The molecule has 11 heteroatoms. The molecule has 0 unspecified atom stereocenters. The molecule has 1 atom stereocenters. The molecule has 0 radical (unpaired) electrons. The van der Waals surface area contributed by atoms with E-state index in [4.69, 9.17) is 15.2 Å². The van der Waals surface area contributed by atoms with Crippen molar-refractivity contribution in [2.45, 2.75) is 19.3 Å². The molecular formula is C23H22F3N5O3. The Bertz CT molecular complexity index is 1170. The summed E-state index contributed by atoms with van der Waals surface area (Å²) in [7, 11) is 0. The Morgan fingerprint density at radius 1 is 1.09 bits per heavy atom. The molecule has 3 aromatic rings. The van der Waals surface area contributed by atoms with Gasteiger partial charge in [0.2, 0.25) is 18.1 Å². The fourth-order valence-electron chi connectivity index (χ4n) is 3.70. The standard InChI is InChI=1S/C23H22F3N5O3/c1-14-11-16(12-17(28-14)23(24,25)26)19-20(15-5-3-2-4-6-15)29-22(27)30-21(19)34-18(13-32)31-7-9-33-10-8-31/h2-6,11-13,18H,7-10H2,1H3,(H2,27,29,30)/t18-/m0/s1. The lowest BCUT2D eigenvalue weighted by Crippen LogP contribution is -2.47. The molecule has 0 aliphatic carbocycles. The molecule has 34 heavy (non-hydrogen) atoms. The number of ether oxygens (including phenoxy) is 2. The maximum atomic E-state index is 13.5. The number of aldehydes is 1. The zero-order chi connectivity index (χ0) is 24.3. The summed E-state index contributed by atoms with van der Waals surface area (Å²) in [6, 6.07) is 11.2. The van der Waals surface area contributed by atoms with Crippen LogP contribution in [0, 0.1) is 6.92 Å². The minimum Gasteiger partial charge on any atom is -0.450 e. The largest absolute Gasteiger partial charge is 0.450 e. The van der Waals surface area contributed by atoms with Gasteiger partial charge in [-0.05, 0) is 24.6 Å². The number of morpholine rings is 1. The number of carbonyl (C=O) groups excluding carboxylic acids is 1. The highest BCUT2D eigenvalue weighted by atomic mass is 19.4. The number of nitrogens with zero attached hydrogens (tertiary/aromatic N) is 4. The average molecular weight is 473 g/mol. The number of aryl methyl sites for hydroxylation is 1. The molecule has 1 aromatic carbocycles. The third-order valence-electron chi connectivity index (χ3n) is 5.23. The quantitative estimate of drug-likeness (QED) is 0.544. The van der Waals surface area contributed by atoms with Crippen molar-refractivity contribution in [2.75, 3.05) is 32.0 Å². The van der Waals surface area contributed by atoms with Crippen molar-refractivity contribution >= 4 is 12.2 Å². The Balaban J connectivity index is 1.91. The number of hydrogen-bond donors (Lipinski definition) is 1. The van der Waals surface area contributed by atoms with Crippen molar-refractivity contribution in [2.24, 2.45) is 0 Å². The summed E-state index contributed by atoms with van der Waals surface area (Å²) >= 11 is 0. The van der Waals surface area contributed by atoms with E-state index in [1.807, 2.05) is 0 Å². The second kappa shape index (κ2) is 9.74. The van der Waals surface area contributed by atoms with E-state index in [1.54, 1.807) is 35.2 Å². The SMILES string of the molecule is Cc1cc(-c2c(O[C@@H](C=O)N3CCOCC3)nc(N)nc2-c2ccccc2)cc(C(F)(F)F)n1. The Morgan fingerprint density at radius 3 is 2.44 bits per heavy atom. The van der Waals surface area contributed by atoms with E-state index in [0.717, 1.165) is 6.07 Å². The van der Waals surface area contributed by atoms with Crippen LogP contribution < -0.4 is 10.5 Å². The number of rotatable bonds is 6. The molecule has 0 spiro atoms. The summed E-state index contributed by atoms with van der Waals surface area (Å²) < 4.78 is 51.9. The Labute approximate surface area is 193 Å². The molecule has 2 N–H and O–H groups in total. The second-order valence-electron chi connectivity index (χ2n) is 7.65. The third-order valence-corrected chi connectivity index (χ3v) is 5.23. The van der Waals surface area contributed by atoms with Gasteiger partial charge in [-0.1, -0.05) is 30.3 Å². The smallest absolute Gasteiger partial charge is 0.433 e. The summed E-state index contributed by atoms with van der Waals surface area (Å²) in [6.45, 7) is 3.18. The van der Waals surface area contributed by atoms with Gasteiger partial charge in [-0.25, -0.2) is 9.97 Å². The van der Waals surface area contributed by atoms with Crippen molar-refractivity contribution in [3.05, 3.63) is 53.9 Å². The number of benzene rings is 1. The third kappa shape index (κ3) is 5.15. The molecule has 1 saturated heterocycles. The van der Waals surface area contributed by atoms with E-state index in [0.29, 0.717) is 38.2 Å². The van der Waals surface area contributed by atoms with Gasteiger partial charge in [-0.3, -0.25) is 9.69 Å². The lowest BCUT2D eigenvalue weighted by Gasteiger charge is -2.31. The van der Waals surface area contributed by atoms with E-state index in [2.05, 4.69) is 15.0 Å². The van der Waals surface area contributed by atoms with Gasteiger partial charge in [0, 0.05) is 24.3 Å². The van der Waals surface area contributed by atoms with Gasteiger partial charge in [-0.2, -0.15) is 18.2 Å². The molecule has 1 aliphatic rings. The summed E-state index contributed by atoms with van der Waals surface area (Å²) in [5, 5.41) is 0. The van der Waals surface area contributed by atoms with Crippen LogP contribution in [0.25, 0.3) is 22.4 Å². The van der Waals surface area contributed by atoms with Gasteiger partial charge >= 0.3 is 6.18 Å². The topological polar surface area (TPSA) is 103 Å². The number of aromatic nitrogens is 3. The normalized spacial score (nSPS) is 15.6. The first kappa shape index (κ1) is 23.6. The second-order valence-corrected chi connectivity index (χ2v) is 7.65. The van der Waals surface area contributed by atoms with Crippen molar-refractivity contribution < 1.29 is 27.4 Å². The van der Waals surface area contributed by atoms with Gasteiger partial charge in [0.1, 0.15) is 5.69 Å². The first-order valence-corrected chi connectivity index (χ1v) is 10.5.